The number of carbonyl (C=O) groups is 1. The number of oxazole rings is 1. The molecule has 0 aliphatic carbocycles. The van der Waals surface area contributed by atoms with E-state index < -0.39 is 0 Å². The number of nitrogens with one attached hydrogen (secondary N) is 2. The number of hydrogen-bond donors (Lipinski definition) is 2. The Morgan fingerprint density at radius 1 is 1.30 bits per heavy atom. The lowest BCUT2D eigenvalue weighted by atomic mass is 10.2. The number of carbonyl (C=O) groups excluding carboxylic acids is 1. The van der Waals surface area contributed by atoms with Crippen LogP contribution in [0.2, 0.25) is 0 Å². The van der Waals surface area contributed by atoms with Crippen LogP contribution in [-0.2, 0) is 6.54 Å². The van der Waals surface area contributed by atoms with E-state index in [0.717, 1.165) is 11.3 Å². The van der Waals surface area contributed by atoms with Gasteiger partial charge in [0.15, 0.2) is 0 Å². The molecule has 0 fully saturated rings. The second kappa shape index (κ2) is 7.67. The van der Waals surface area contributed by atoms with Gasteiger partial charge in [-0.2, -0.15) is 0 Å². The highest BCUT2D eigenvalue weighted by molar-refractivity contribution is 5.74. The molecule has 6 heteroatoms. The summed E-state index contributed by atoms with van der Waals surface area (Å²) in [6, 6.07) is 7.44. The van der Waals surface area contributed by atoms with E-state index in [2.05, 4.69) is 15.6 Å². The van der Waals surface area contributed by atoms with Crippen molar-refractivity contribution in [3.8, 4) is 17.2 Å². The zero-order valence-corrected chi connectivity index (χ0v) is 14.0. The molecule has 0 atom stereocenters. The van der Waals surface area contributed by atoms with E-state index in [1.807, 2.05) is 52.0 Å². The largest absolute Gasteiger partial charge is 0.494 e. The summed E-state index contributed by atoms with van der Waals surface area (Å²) < 4.78 is 11.1. The van der Waals surface area contributed by atoms with Crippen LogP contribution in [0, 0.1) is 6.92 Å². The van der Waals surface area contributed by atoms with Crippen LogP contribution in [0.3, 0.4) is 0 Å². The van der Waals surface area contributed by atoms with Crippen molar-refractivity contribution in [1.82, 2.24) is 15.6 Å². The lowest BCUT2D eigenvalue weighted by Gasteiger charge is -2.08. The smallest absolute Gasteiger partial charge is 0.315 e. The second-order valence-corrected chi connectivity index (χ2v) is 5.46. The lowest BCUT2D eigenvalue weighted by molar-refractivity contribution is 0.238. The summed E-state index contributed by atoms with van der Waals surface area (Å²) in [4.78, 5) is 16.1. The van der Waals surface area contributed by atoms with Gasteiger partial charge in [0, 0.05) is 11.6 Å². The van der Waals surface area contributed by atoms with Crippen molar-refractivity contribution in [3.05, 3.63) is 35.7 Å². The zero-order chi connectivity index (χ0) is 16.8. The van der Waals surface area contributed by atoms with Crippen molar-refractivity contribution in [2.24, 2.45) is 0 Å². The molecule has 1 aromatic heterocycles. The predicted molar refractivity (Wildman–Crippen MR) is 88.4 cm³/mol. The fraction of sp³-hybridized carbons (Fsp3) is 0.412. The summed E-state index contributed by atoms with van der Waals surface area (Å²) in [6.45, 7) is 8.55. The average Bonchev–Trinajstić information content (AvgIpc) is 2.87. The van der Waals surface area contributed by atoms with Gasteiger partial charge in [-0.25, -0.2) is 9.78 Å². The molecule has 0 unspecified atom stereocenters. The maximum Gasteiger partial charge on any atom is 0.315 e. The molecular formula is C17H23N3O3. The van der Waals surface area contributed by atoms with E-state index >= 15 is 0 Å². The van der Waals surface area contributed by atoms with E-state index in [1.54, 1.807) is 0 Å². The summed E-state index contributed by atoms with van der Waals surface area (Å²) in [7, 11) is 0. The molecule has 23 heavy (non-hydrogen) atoms. The summed E-state index contributed by atoms with van der Waals surface area (Å²) in [6.07, 6.45) is 0. The molecule has 124 valence electrons. The van der Waals surface area contributed by atoms with Crippen molar-refractivity contribution in [1.29, 1.82) is 0 Å². The highest BCUT2D eigenvalue weighted by Gasteiger charge is 2.12. The van der Waals surface area contributed by atoms with Crippen LogP contribution in [0.1, 0.15) is 32.2 Å². The molecule has 0 spiro atoms. The average molecular weight is 317 g/mol. The first-order chi connectivity index (χ1) is 11.0. The van der Waals surface area contributed by atoms with Crippen molar-refractivity contribution in [2.75, 3.05) is 6.61 Å². The summed E-state index contributed by atoms with van der Waals surface area (Å²) >= 11 is 0. The van der Waals surface area contributed by atoms with Crippen molar-refractivity contribution < 1.29 is 13.9 Å². The first kappa shape index (κ1) is 16.9. The van der Waals surface area contributed by atoms with Gasteiger partial charge in [0.1, 0.15) is 17.2 Å². The Balaban J connectivity index is 2.04. The van der Waals surface area contributed by atoms with Crippen LogP contribution in [0.4, 0.5) is 4.79 Å². The van der Waals surface area contributed by atoms with Crippen LogP contribution in [0.25, 0.3) is 11.5 Å². The van der Waals surface area contributed by atoms with Crippen molar-refractivity contribution in [2.45, 2.75) is 40.3 Å². The molecule has 0 aliphatic heterocycles. The molecule has 0 radical (unpaired) electrons. The first-order valence-corrected chi connectivity index (χ1v) is 7.73. The van der Waals surface area contributed by atoms with E-state index in [9.17, 15) is 4.79 Å². The number of aromatic nitrogens is 1. The fourth-order valence-electron chi connectivity index (χ4n) is 2.05. The molecular weight excluding hydrogens is 294 g/mol. The molecule has 6 nitrogen and oxygen atoms in total. The number of ether oxygens (including phenoxy) is 1. The maximum atomic E-state index is 11.6. The summed E-state index contributed by atoms with van der Waals surface area (Å²) in [5.74, 6) is 2.04. The van der Waals surface area contributed by atoms with Gasteiger partial charge in [0.05, 0.1) is 13.2 Å². The Bertz CT molecular complexity index is 648. The van der Waals surface area contributed by atoms with Crippen LogP contribution in [0.5, 0.6) is 5.75 Å². The van der Waals surface area contributed by atoms with Gasteiger partial charge in [-0.15, -0.1) is 0 Å². The maximum absolute atomic E-state index is 11.6. The Kier molecular flexibility index (Phi) is 5.62. The van der Waals surface area contributed by atoms with E-state index in [-0.39, 0.29) is 12.1 Å². The van der Waals surface area contributed by atoms with Crippen LogP contribution in [0.15, 0.2) is 28.7 Å². The van der Waals surface area contributed by atoms with E-state index in [0.29, 0.717) is 30.5 Å². The molecule has 1 heterocycles. The predicted octanol–water partition coefficient (Wildman–Crippen LogP) is 3.26. The van der Waals surface area contributed by atoms with Crippen molar-refractivity contribution >= 4 is 6.03 Å². The van der Waals surface area contributed by atoms with Gasteiger partial charge in [-0.1, -0.05) is 0 Å². The van der Waals surface area contributed by atoms with Gasteiger partial charge < -0.3 is 19.8 Å². The number of aryl methyl sites for hydroxylation is 1. The van der Waals surface area contributed by atoms with E-state index in [4.69, 9.17) is 9.15 Å². The number of amides is 2. The normalized spacial score (nSPS) is 10.7. The SMILES string of the molecule is CCOc1ccc(-c2nc(CNC(=O)NC(C)C)c(C)o2)cc1. The lowest BCUT2D eigenvalue weighted by Crippen LogP contribution is -2.39. The van der Waals surface area contributed by atoms with Gasteiger partial charge >= 0.3 is 6.03 Å². The Morgan fingerprint density at radius 2 is 2.00 bits per heavy atom. The second-order valence-electron chi connectivity index (χ2n) is 5.46. The zero-order valence-electron chi connectivity index (χ0n) is 14.0. The number of urea groups is 1. The van der Waals surface area contributed by atoms with Crippen molar-refractivity contribution in [3.63, 3.8) is 0 Å². The Labute approximate surface area is 136 Å². The summed E-state index contributed by atoms with van der Waals surface area (Å²) in [5.41, 5.74) is 1.59. The topological polar surface area (TPSA) is 76.4 Å². The monoisotopic (exact) mass is 317 g/mol. The number of rotatable bonds is 6. The molecule has 2 amide bonds. The quantitative estimate of drug-likeness (QED) is 0.857. The van der Waals surface area contributed by atoms with Gasteiger partial charge in [0.2, 0.25) is 5.89 Å². The molecule has 0 bridgehead atoms. The third-order valence-corrected chi connectivity index (χ3v) is 3.14. The van der Waals surface area contributed by atoms with Crippen LogP contribution >= 0.6 is 0 Å². The standard InChI is InChI=1S/C17H23N3O3/c1-5-22-14-8-6-13(7-9-14)16-20-15(12(4)23-16)10-18-17(21)19-11(2)3/h6-9,11H,5,10H2,1-4H3,(H2,18,19,21). The molecule has 0 aliphatic rings. The van der Waals surface area contributed by atoms with E-state index in [1.165, 1.54) is 0 Å². The first-order valence-electron chi connectivity index (χ1n) is 7.73. The minimum Gasteiger partial charge on any atom is -0.494 e. The number of hydrogen-bond acceptors (Lipinski definition) is 4. The Hall–Kier alpha value is -2.50. The van der Waals surface area contributed by atoms with Gasteiger partial charge in [-0.05, 0) is 52.0 Å². The number of nitrogens with zero attached hydrogens (tertiary/aromatic N) is 1. The summed E-state index contributed by atoms with van der Waals surface area (Å²) in [5, 5.41) is 5.54. The highest BCUT2D eigenvalue weighted by Crippen LogP contribution is 2.24. The van der Waals surface area contributed by atoms with Gasteiger partial charge in [-0.3, -0.25) is 0 Å². The molecule has 0 saturated heterocycles. The minimum absolute atomic E-state index is 0.0906. The minimum atomic E-state index is -0.218. The molecule has 1 aromatic carbocycles. The molecule has 0 saturated carbocycles. The van der Waals surface area contributed by atoms with Crippen LogP contribution < -0.4 is 15.4 Å². The highest BCUT2D eigenvalue weighted by atomic mass is 16.5. The third-order valence-electron chi connectivity index (χ3n) is 3.14. The number of benzene rings is 1. The molecule has 2 rings (SSSR count). The Morgan fingerprint density at radius 3 is 2.61 bits per heavy atom. The van der Waals surface area contributed by atoms with Gasteiger partial charge in [0.25, 0.3) is 0 Å². The fourth-order valence-corrected chi connectivity index (χ4v) is 2.05. The molecule has 2 aromatic rings. The third kappa shape index (κ3) is 4.74. The van der Waals surface area contributed by atoms with Crippen LogP contribution in [-0.4, -0.2) is 23.7 Å². The molecule has 2 N–H and O–H groups in total.